The first-order valence-electron chi connectivity index (χ1n) is 3.86. The lowest BCUT2D eigenvalue weighted by molar-refractivity contribution is 0.840. The van der Waals surface area contributed by atoms with Crippen molar-refractivity contribution in [3.05, 3.63) is 11.6 Å². The number of aliphatic imine (C=N–C) groups is 1. The highest BCUT2D eigenvalue weighted by Crippen LogP contribution is 1.92. The highest BCUT2D eigenvalue weighted by molar-refractivity contribution is 5.77. The lowest BCUT2D eigenvalue weighted by Crippen LogP contribution is -1.89. The number of hydrogen-bond acceptors (Lipinski definition) is 1. The van der Waals surface area contributed by atoms with Crippen molar-refractivity contribution in [3.63, 3.8) is 0 Å². The van der Waals surface area contributed by atoms with Gasteiger partial charge >= 0.3 is 0 Å². The molecule has 1 nitrogen and oxygen atoms in total. The fourth-order valence-corrected chi connectivity index (χ4v) is 0.641. The van der Waals surface area contributed by atoms with E-state index in [9.17, 15) is 0 Å². The Kier molecular flexibility index (Phi) is 4.91. The number of rotatable bonds is 3. The van der Waals surface area contributed by atoms with Gasteiger partial charge in [0.25, 0.3) is 0 Å². The number of hydrogen-bond donors (Lipinski definition) is 0. The quantitative estimate of drug-likeness (QED) is 0.533. The van der Waals surface area contributed by atoms with Crippen molar-refractivity contribution in [2.75, 3.05) is 0 Å². The number of allylic oxidation sites excluding steroid dienone is 2. The van der Waals surface area contributed by atoms with Gasteiger partial charge in [0.05, 0.1) is 0 Å². The van der Waals surface area contributed by atoms with Crippen LogP contribution in [0.2, 0.25) is 0 Å². The van der Waals surface area contributed by atoms with Crippen LogP contribution in [0.4, 0.5) is 0 Å². The van der Waals surface area contributed by atoms with Crippen molar-refractivity contribution in [3.8, 4) is 0 Å². The summed E-state index contributed by atoms with van der Waals surface area (Å²) in [7, 11) is 0. The molecular formula is C9H17N. The molecule has 0 aromatic heterocycles. The van der Waals surface area contributed by atoms with Crippen molar-refractivity contribution >= 4 is 6.21 Å². The molecule has 1 heteroatoms. The monoisotopic (exact) mass is 139 g/mol. The molecule has 0 fully saturated rings. The molecule has 0 aliphatic carbocycles. The molecule has 0 radical (unpaired) electrons. The molecule has 0 aliphatic heterocycles. The Labute approximate surface area is 63.9 Å². The van der Waals surface area contributed by atoms with E-state index in [1.165, 1.54) is 5.57 Å². The molecule has 0 saturated carbocycles. The van der Waals surface area contributed by atoms with Gasteiger partial charge in [0, 0.05) is 12.3 Å². The Morgan fingerprint density at radius 2 is 2.10 bits per heavy atom. The van der Waals surface area contributed by atoms with Gasteiger partial charge in [-0.15, -0.1) is 0 Å². The SMILES string of the molecule is CC/C=C(\C)C=NC(C)C. The first kappa shape index (κ1) is 9.41. The maximum atomic E-state index is 4.25. The molecule has 58 valence electrons. The van der Waals surface area contributed by atoms with E-state index >= 15 is 0 Å². The number of nitrogens with zero attached hydrogens (tertiary/aromatic N) is 1. The molecule has 0 amide bonds. The topological polar surface area (TPSA) is 12.4 Å². The summed E-state index contributed by atoms with van der Waals surface area (Å²) in [6.45, 7) is 8.37. The van der Waals surface area contributed by atoms with Gasteiger partial charge in [-0.05, 0) is 32.8 Å². The van der Waals surface area contributed by atoms with E-state index in [0.29, 0.717) is 6.04 Å². The fraction of sp³-hybridized carbons (Fsp3) is 0.667. The third-order valence-corrected chi connectivity index (χ3v) is 1.10. The minimum atomic E-state index is 0.417. The Balaban J connectivity index is 3.77. The predicted octanol–water partition coefficient (Wildman–Crippen LogP) is 2.82. The molecule has 0 bridgehead atoms. The smallest absolute Gasteiger partial charge is 0.0443 e. The van der Waals surface area contributed by atoms with E-state index in [-0.39, 0.29) is 0 Å². The van der Waals surface area contributed by atoms with Crippen LogP contribution in [-0.2, 0) is 0 Å². The second-order valence-corrected chi connectivity index (χ2v) is 2.73. The average Bonchev–Trinajstić information content (AvgIpc) is 1.85. The van der Waals surface area contributed by atoms with Crippen LogP contribution >= 0.6 is 0 Å². The molecule has 0 atom stereocenters. The lowest BCUT2D eigenvalue weighted by Gasteiger charge is -1.94. The summed E-state index contributed by atoms with van der Waals surface area (Å²) < 4.78 is 0. The van der Waals surface area contributed by atoms with Crippen LogP contribution < -0.4 is 0 Å². The first-order chi connectivity index (χ1) is 4.66. The summed E-state index contributed by atoms with van der Waals surface area (Å²) in [6.07, 6.45) is 5.20. The van der Waals surface area contributed by atoms with Crippen LogP contribution in [0.1, 0.15) is 34.1 Å². The van der Waals surface area contributed by atoms with E-state index in [0.717, 1.165) is 6.42 Å². The fourth-order valence-electron chi connectivity index (χ4n) is 0.641. The summed E-state index contributed by atoms with van der Waals surface area (Å²) in [5.41, 5.74) is 1.26. The maximum absolute atomic E-state index is 4.25. The maximum Gasteiger partial charge on any atom is 0.0443 e. The van der Waals surface area contributed by atoms with Crippen LogP contribution in [0.25, 0.3) is 0 Å². The summed E-state index contributed by atoms with van der Waals surface area (Å²) in [6, 6.07) is 0.417. The zero-order valence-electron chi connectivity index (χ0n) is 7.39. The van der Waals surface area contributed by atoms with Gasteiger partial charge in [-0.3, -0.25) is 4.99 Å². The summed E-state index contributed by atoms with van der Waals surface area (Å²) in [4.78, 5) is 4.25. The van der Waals surface area contributed by atoms with E-state index in [2.05, 4.69) is 38.8 Å². The molecule has 0 unspecified atom stereocenters. The van der Waals surface area contributed by atoms with Gasteiger partial charge in [-0.1, -0.05) is 13.0 Å². The molecule has 0 heterocycles. The van der Waals surface area contributed by atoms with Crippen LogP contribution in [0.3, 0.4) is 0 Å². The van der Waals surface area contributed by atoms with E-state index in [4.69, 9.17) is 0 Å². The molecule has 0 saturated heterocycles. The largest absolute Gasteiger partial charge is 0.290 e. The van der Waals surface area contributed by atoms with Crippen molar-refractivity contribution in [1.29, 1.82) is 0 Å². The molecule has 0 spiro atoms. The third-order valence-electron chi connectivity index (χ3n) is 1.10. The van der Waals surface area contributed by atoms with Crippen LogP contribution in [0.5, 0.6) is 0 Å². The Morgan fingerprint density at radius 3 is 2.50 bits per heavy atom. The van der Waals surface area contributed by atoms with Crippen LogP contribution in [0, 0.1) is 0 Å². The van der Waals surface area contributed by atoms with Gasteiger partial charge in [0.2, 0.25) is 0 Å². The highest BCUT2D eigenvalue weighted by Gasteiger charge is 1.83. The zero-order valence-corrected chi connectivity index (χ0v) is 7.39. The van der Waals surface area contributed by atoms with Gasteiger partial charge in [0.15, 0.2) is 0 Å². The molecule has 0 aromatic carbocycles. The Bertz CT molecular complexity index is 132. The minimum absolute atomic E-state index is 0.417. The van der Waals surface area contributed by atoms with Crippen LogP contribution in [0.15, 0.2) is 16.6 Å². The normalized spacial score (nSPS) is 13.5. The minimum Gasteiger partial charge on any atom is -0.290 e. The van der Waals surface area contributed by atoms with Crippen LogP contribution in [-0.4, -0.2) is 12.3 Å². The van der Waals surface area contributed by atoms with Crippen molar-refractivity contribution in [1.82, 2.24) is 0 Å². The van der Waals surface area contributed by atoms with Gasteiger partial charge in [-0.25, -0.2) is 0 Å². The van der Waals surface area contributed by atoms with E-state index in [1.54, 1.807) is 0 Å². The average molecular weight is 139 g/mol. The van der Waals surface area contributed by atoms with Gasteiger partial charge < -0.3 is 0 Å². The van der Waals surface area contributed by atoms with Crippen molar-refractivity contribution in [2.45, 2.75) is 40.2 Å². The second-order valence-electron chi connectivity index (χ2n) is 2.73. The Morgan fingerprint density at radius 1 is 1.50 bits per heavy atom. The summed E-state index contributed by atoms with van der Waals surface area (Å²) >= 11 is 0. The third kappa shape index (κ3) is 5.54. The molecule has 0 aromatic rings. The van der Waals surface area contributed by atoms with Gasteiger partial charge in [-0.2, -0.15) is 0 Å². The molecule has 0 rings (SSSR count). The summed E-state index contributed by atoms with van der Waals surface area (Å²) in [5.74, 6) is 0. The molecule has 0 N–H and O–H groups in total. The molecule has 0 aliphatic rings. The van der Waals surface area contributed by atoms with Crippen molar-refractivity contribution < 1.29 is 0 Å². The molecule has 10 heavy (non-hydrogen) atoms. The highest BCUT2D eigenvalue weighted by atomic mass is 14.7. The lowest BCUT2D eigenvalue weighted by atomic mass is 10.3. The Hall–Kier alpha value is -0.590. The second kappa shape index (κ2) is 5.21. The standard InChI is InChI=1S/C9H17N/c1-5-6-9(4)7-10-8(2)3/h6-8H,5H2,1-4H3/b9-6+,10-7?. The van der Waals surface area contributed by atoms with E-state index < -0.39 is 0 Å². The van der Waals surface area contributed by atoms with Crippen molar-refractivity contribution in [2.24, 2.45) is 4.99 Å². The van der Waals surface area contributed by atoms with E-state index in [1.807, 2.05) is 6.21 Å². The molecular weight excluding hydrogens is 122 g/mol. The zero-order chi connectivity index (χ0) is 7.98. The predicted molar refractivity (Wildman–Crippen MR) is 47.7 cm³/mol. The summed E-state index contributed by atoms with van der Waals surface area (Å²) in [5, 5.41) is 0. The first-order valence-corrected chi connectivity index (χ1v) is 3.86. The van der Waals surface area contributed by atoms with Gasteiger partial charge in [0.1, 0.15) is 0 Å².